The highest BCUT2D eigenvalue weighted by molar-refractivity contribution is 7.01. The molecule has 0 saturated heterocycles. The first-order valence-corrected chi connectivity index (χ1v) is 19.7. The summed E-state index contributed by atoms with van der Waals surface area (Å²) >= 11 is 0. The van der Waals surface area contributed by atoms with Crippen LogP contribution in [0.3, 0.4) is 0 Å². The Balaban J connectivity index is 1.19. The maximum absolute atomic E-state index is 10.7. The Morgan fingerprint density at radius 2 is 0.932 bits per heavy atom. The first kappa shape index (κ1) is 31.8. The van der Waals surface area contributed by atoms with Gasteiger partial charge in [0.1, 0.15) is 0 Å². The Hall–Kier alpha value is -8.37. The molecule has 59 heavy (non-hydrogen) atoms. The largest absolute Gasteiger partial charge is 0.309 e. The molecule has 5 nitrogen and oxygen atoms in total. The summed E-state index contributed by atoms with van der Waals surface area (Å²) in [6, 6.07) is 60.2. The van der Waals surface area contributed by atoms with Crippen LogP contribution in [0.25, 0.3) is 104 Å². The van der Waals surface area contributed by atoms with Crippen molar-refractivity contribution in [3.05, 3.63) is 180 Å². The van der Waals surface area contributed by atoms with Crippen LogP contribution in [-0.4, -0.2) is 15.8 Å². The van der Waals surface area contributed by atoms with Crippen molar-refractivity contribution in [2.45, 2.75) is 0 Å². The average molecular weight is 744 g/mol. The van der Waals surface area contributed by atoms with E-state index in [4.69, 9.17) is 6.57 Å². The van der Waals surface area contributed by atoms with Gasteiger partial charge in [0.2, 0.25) is 6.71 Å². The van der Waals surface area contributed by atoms with E-state index >= 15 is 0 Å². The van der Waals surface area contributed by atoms with E-state index in [0.717, 1.165) is 88.0 Å². The first-order valence-electron chi connectivity index (χ1n) is 19.7. The van der Waals surface area contributed by atoms with Crippen LogP contribution < -0.4 is 16.4 Å². The summed E-state index contributed by atoms with van der Waals surface area (Å²) in [6.07, 6.45) is 0. The van der Waals surface area contributed by atoms with Crippen LogP contribution >= 0.6 is 0 Å². The van der Waals surface area contributed by atoms with Crippen LogP contribution in [0.1, 0.15) is 11.1 Å². The van der Waals surface area contributed by atoms with Crippen molar-refractivity contribution < 1.29 is 0 Å². The maximum atomic E-state index is 10.7. The molecule has 2 aromatic heterocycles. The predicted octanol–water partition coefficient (Wildman–Crippen LogP) is 11.0. The zero-order valence-corrected chi connectivity index (χ0v) is 31.3. The fourth-order valence-electron chi connectivity index (χ4n) is 10.7. The number of para-hydroxylation sites is 2. The number of hydrogen-bond donors (Lipinski definition) is 0. The molecule has 13 rings (SSSR count). The molecule has 0 saturated carbocycles. The summed E-state index contributed by atoms with van der Waals surface area (Å²) in [7, 11) is 0. The van der Waals surface area contributed by atoms with Crippen LogP contribution in [0.5, 0.6) is 0 Å². The lowest BCUT2D eigenvalue weighted by molar-refractivity contribution is 1.18. The van der Waals surface area contributed by atoms with Crippen molar-refractivity contribution in [2.75, 3.05) is 0 Å². The maximum Gasteiger partial charge on any atom is 0.244 e. The number of rotatable bonds is 2. The van der Waals surface area contributed by atoms with Crippen LogP contribution in [0, 0.1) is 29.2 Å². The van der Waals surface area contributed by atoms with E-state index in [-0.39, 0.29) is 6.71 Å². The smallest absolute Gasteiger partial charge is 0.244 e. The fourth-order valence-corrected chi connectivity index (χ4v) is 10.7. The van der Waals surface area contributed by atoms with Gasteiger partial charge in [-0.2, -0.15) is 10.5 Å². The van der Waals surface area contributed by atoms with Gasteiger partial charge in [-0.3, -0.25) is 0 Å². The normalized spacial score (nSPS) is 12.3. The topological polar surface area (TPSA) is 61.8 Å². The lowest BCUT2D eigenvalue weighted by Gasteiger charge is -2.34. The number of fused-ring (bicyclic) bond motifs is 12. The van der Waals surface area contributed by atoms with E-state index in [0.29, 0.717) is 16.8 Å². The lowest BCUT2D eigenvalue weighted by Crippen LogP contribution is -2.57. The zero-order valence-electron chi connectivity index (χ0n) is 31.3. The first-order chi connectivity index (χ1) is 29.1. The monoisotopic (exact) mass is 743 g/mol. The molecule has 0 fully saturated rings. The molecule has 2 aliphatic heterocycles. The zero-order chi connectivity index (χ0) is 39.1. The molecule has 0 spiro atoms. The fraction of sp³-hybridized carbons (Fsp3) is 0. The number of aromatic nitrogens is 2. The minimum atomic E-state index is -0.0708. The molecule has 266 valence electrons. The number of hydrogen-bond acceptors (Lipinski definition) is 2. The van der Waals surface area contributed by atoms with E-state index in [9.17, 15) is 10.5 Å². The van der Waals surface area contributed by atoms with Gasteiger partial charge >= 0.3 is 0 Å². The molecule has 11 aromatic rings. The van der Waals surface area contributed by atoms with Gasteiger partial charge < -0.3 is 9.13 Å². The Labute approximate surface area is 338 Å². The summed E-state index contributed by atoms with van der Waals surface area (Å²) in [5.74, 6) is 0. The lowest BCUT2D eigenvalue weighted by atomic mass is 9.31. The van der Waals surface area contributed by atoms with Crippen LogP contribution in [-0.2, 0) is 0 Å². The van der Waals surface area contributed by atoms with Gasteiger partial charge in [0.15, 0.2) is 5.69 Å². The molecular formula is C53H26BN5. The van der Waals surface area contributed by atoms with Crippen molar-refractivity contribution >= 4 is 93.9 Å². The number of benzene rings is 9. The molecule has 0 bridgehead atoms. The van der Waals surface area contributed by atoms with E-state index in [1.807, 2.05) is 48.5 Å². The van der Waals surface area contributed by atoms with E-state index in [1.54, 1.807) is 0 Å². The molecule has 9 aromatic carbocycles. The number of nitriles is 2. The quantitative estimate of drug-likeness (QED) is 0.131. The summed E-state index contributed by atoms with van der Waals surface area (Å²) in [5.41, 5.74) is 16.6. The number of nitrogens with zero attached hydrogens (tertiary/aromatic N) is 5. The molecule has 0 aliphatic carbocycles. The molecular weight excluding hydrogens is 717 g/mol. The highest BCUT2D eigenvalue weighted by atomic mass is 15.0. The summed E-state index contributed by atoms with van der Waals surface area (Å²) < 4.78 is 4.70. The Morgan fingerprint density at radius 1 is 0.458 bits per heavy atom. The summed E-state index contributed by atoms with van der Waals surface area (Å²) in [4.78, 5) is 3.67. The van der Waals surface area contributed by atoms with Gasteiger partial charge in [-0.05, 0) is 106 Å². The second-order valence-corrected chi connectivity index (χ2v) is 15.7. The van der Waals surface area contributed by atoms with Gasteiger partial charge in [-0.25, -0.2) is 4.85 Å². The molecule has 4 heterocycles. The Bertz CT molecular complexity index is 3620. The van der Waals surface area contributed by atoms with Gasteiger partial charge in [-0.15, -0.1) is 0 Å². The van der Waals surface area contributed by atoms with Crippen molar-refractivity contribution in [1.82, 2.24) is 9.13 Å². The highest BCUT2D eigenvalue weighted by Crippen LogP contribution is 2.47. The second-order valence-electron chi connectivity index (χ2n) is 15.7. The minimum absolute atomic E-state index is 0.0708. The van der Waals surface area contributed by atoms with Crippen LogP contribution in [0.15, 0.2) is 158 Å². The molecule has 0 radical (unpaired) electrons. The van der Waals surface area contributed by atoms with Crippen molar-refractivity contribution in [2.24, 2.45) is 0 Å². The molecule has 0 amide bonds. The third kappa shape index (κ3) is 4.01. The average Bonchev–Trinajstić information content (AvgIpc) is 3.82. The highest BCUT2D eigenvalue weighted by Gasteiger charge is 2.40. The van der Waals surface area contributed by atoms with E-state index in [2.05, 4.69) is 135 Å². The van der Waals surface area contributed by atoms with Crippen LogP contribution in [0.2, 0.25) is 0 Å². The molecule has 0 unspecified atom stereocenters. The van der Waals surface area contributed by atoms with E-state index in [1.165, 1.54) is 27.2 Å². The molecule has 0 atom stereocenters. The van der Waals surface area contributed by atoms with Crippen LogP contribution in [0.4, 0.5) is 5.69 Å². The third-order valence-corrected chi connectivity index (χ3v) is 12.9. The van der Waals surface area contributed by atoms with Crippen molar-refractivity contribution in [3.8, 4) is 45.8 Å². The second kappa shape index (κ2) is 11.4. The Morgan fingerprint density at radius 3 is 1.42 bits per heavy atom. The standard InChI is InChI=1S/C53H26BN5/c1-57-32-18-22-34(23-19-32)59-48-15-5-3-9-36(48)44-27-40-42-25-31(29-56)24-41-39-26-43-35-8-2-4-14-47(35)58(33-20-16-30(28-55)17-21-33)52(43)37-10-6-12-45(49(37)39)54(51(41)42)46-13-7-11-38(50(40)46)53(44)59/h2-27H. The van der Waals surface area contributed by atoms with Gasteiger partial charge in [0.05, 0.1) is 51.9 Å². The van der Waals surface area contributed by atoms with Gasteiger partial charge in [0, 0.05) is 43.7 Å². The van der Waals surface area contributed by atoms with Gasteiger partial charge in [0.25, 0.3) is 0 Å². The molecule has 6 heteroatoms. The van der Waals surface area contributed by atoms with E-state index < -0.39 is 0 Å². The molecule has 0 N–H and O–H groups in total. The predicted molar refractivity (Wildman–Crippen MR) is 241 cm³/mol. The SMILES string of the molecule is [C-]#[N+]c1ccc(-n2c3ccccc3c3cc4c5c(cccc5c32)B2c3c(cc(C#N)cc3-4)-c3cc4c5ccccc5n(-c5ccc(C#N)cc5)c4c4cccc2c34)cc1. The van der Waals surface area contributed by atoms with Gasteiger partial charge in [-0.1, -0.05) is 101 Å². The summed E-state index contributed by atoms with van der Waals surface area (Å²) in [6.45, 7) is 7.51. The Kier molecular flexibility index (Phi) is 6.13. The summed E-state index contributed by atoms with van der Waals surface area (Å²) in [5, 5.41) is 29.6. The molecule has 2 aliphatic rings. The van der Waals surface area contributed by atoms with Crippen molar-refractivity contribution in [1.29, 1.82) is 10.5 Å². The third-order valence-electron chi connectivity index (χ3n) is 12.9. The minimum Gasteiger partial charge on any atom is -0.309 e. The van der Waals surface area contributed by atoms with Crippen molar-refractivity contribution in [3.63, 3.8) is 0 Å².